The van der Waals surface area contributed by atoms with Crippen LogP contribution in [0.1, 0.15) is 27.2 Å². The first-order valence-corrected chi connectivity index (χ1v) is 3.64. The van der Waals surface area contributed by atoms with Gasteiger partial charge in [0.15, 0.2) is 0 Å². The van der Waals surface area contributed by atoms with Crippen LogP contribution in [0.25, 0.3) is 0 Å². The van der Waals surface area contributed by atoms with Crippen molar-refractivity contribution in [3.05, 3.63) is 0 Å². The lowest BCUT2D eigenvalue weighted by Crippen LogP contribution is -2.05. The zero-order valence-electron chi connectivity index (χ0n) is 5.85. The summed E-state index contributed by atoms with van der Waals surface area (Å²) in [5.41, 5.74) is 0. The minimum absolute atomic E-state index is 0.606. The molecule has 0 aliphatic carbocycles. The van der Waals surface area contributed by atoms with E-state index in [9.17, 15) is 0 Å². The normalized spacial score (nSPS) is 17.4. The Labute approximate surface area is 57.3 Å². The average Bonchev–Trinajstić information content (AvgIpc) is 1.84. The molecule has 0 N–H and O–H groups in total. The van der Waals surface area contributed by atoms with Crippen molar-refractivity contribution in [3.63, 3.8) is 0 Å². The van der Waals surface area contributed by atoms with Crippen LogP contribution < -0.4 is 0 Å². The molecule has 8 heavy (non-hydrogen) atoms. The predicted octanol–water partition coefficient (Wildman–Crippen LogP) is 2.67. The SMILES string of the molecule is CCC(C)C(C)C=S. The van der Waals surface area contributed by atoms with Gasteiger partial charge in [-0.2, -0.15) is 0 Å². The zero-order valence-corrected chi connectivity index (χ0v) is 6.66. The van der Waals surface area contributed by atoms with Gasteiger partial charge in [0, 0.05) is 0 Å². The Bertz CT molecular complexity index is 68.8. The predicted molar refractivity (Wildman–Crippen MR) is 42.3 cm³/mol. The van der Waals surface area contributed by atoms with E-state index in [2.05, 4.69) is 20.8 Å². The fraction of sp³-hybridized carbons (Fsp3) is 0.857. The van der Waals surface area contributed by atoms with Gasteiger partial charge in [0.2, 0.25) is 0 Å². The lowest BCUT2D eigenvalue weighted by molar-refractivity contribution is 0.479. The Balaban J connectivity index is 3.44. The van der Waals surface area contributed by atoms with E-state index in [-0.39, 0.29) is 0 Å². The highest BCUT2D eigenvalue weighted by molar-refractivity contribution is 7.79. The molecule has 0 saturated carbocycles. The highest BCUT2D eigenvalue weighted by Gasteiger charge is 2.04. The van der Waals surface area contributed by atoms with Crippen molar-refractivity contribution < 1.29 is 0 Å². The van der Waals surface area contributed by atoms with Crippen molar-refractivity contribution in [1.29, 1.82) is 0 Å². The quantitative estimate of drug-likeness (QED) is 0.529. The van der Waals surface area contributed by atoms with Crippen molar-refractivity contribution in [2.45, 2.75) is 27.2 Å². The molecule has 0 saturated heterocycles. The summed E-state index contributed by atoms with van der Waals surface area (Å²) in [5.74, 6) is 1.36. The van der Waals surface area contributed by atoms with Crippen LogP contribution in [0.4, 0.5) is 0 Å². The average molecular weight is 130 g/mol. The smallest absolute Gasteiger partial charge is 0.0131 e. The van der Waals surface area contributed by atoms with E-state index in [0.717, 1.165) is 5.92 Å². The Morgan fingerprint density at radius 2 is 2.00 bits per heavy atom. The Hall–Kier alpha value is 0.0900. The molecule has 0 bridgehead atoms. The standard InChI is InChI=1S/C7H14S/c1-4-6(2)7(3)5-8/h5-7H,4H2,1-3H3. The van der Waals surface area contributed by atoms with Gasteiger partial charge in [-0.3, -0.25) is 0 Å². The van der Waals surface area contributed by atoms with Crippen LogP contribution in [-0.4, -0.2) is 5.37 Å². The van der Waals surface area contributed by atoms with Gasteiger partial charge in [0.1, 0.15) is 0 Å². The van der Waals surface area contributed by atoms with Crippen LogP contribution in [-0.2, 0) is 0 Å². The maximum absolute atomic E-state index is 4.79. The maximum Gasteiger partial charge on any atom is -0.0131 e. The zero-order chi connectivity index (χ0) is 6.57. The van der Waals surface area contributed by atoms with Crippen LogP contribution in [0, 0.1) is 11.8 Å². The van der Waals surface area contributed by atoms with Crippen molar-refractivity contribution in [3.8, 4) is 0 Å². The summed E-state index contributed by atoms with van der Waals surface area (Å²) in [6.07, 6.45) is 1.23. The first kappa shape index (κ1) is 8.09. The number of thiocarbonyl (C=S) groups is 1. The summed E-state index contributed by atoms with van der Waals surface area (Å²) in [5, 5.41) is 1.86. The molecule has 0 amide bonds. The van der Waals surface area contributed by atoms with Gasteiger partial charge in [-0.1, -0.05) is 39.4 Å². The van der Waals surface area contributed by atoms with Gasteiger partial charge in [0.05, 0.1) is 0 Å². The van der Waals surface area contributed by atoms with Crippen molar-refractivity contribution >= 4 is 17.6 Å². The van der Waals surface area contributed by atoms with Gasteiger partial charge in [-0.05, 0) is 17.2 Å². The van der Waals surface area contributed by atoms with Gasteiger partial charge in [0.25, 0.3) is 0 Å². The Morgan fingerprint density at radius 3 is 2.12 bits per heavy atom. The third-order valence-corrected chi connectivity index (χ3v) is 2.19. The molecular weight excluding hydrogens is 116 g/mol. The van der Waals surface area contributed by atoms with Crippen molar-refractivity contribution in [1.82, 2.24) is 0 Å². The molecule has 48 valence electrons. The van der Waals surface area contributed by atoms with E-state index < -0.39 is 0 Å². The molecule has 0 aliphatic rings. The molecule has 0 aromatic rings. The van der Waals surface area contributed by atoms with Crippen LogP contribution >= 0.6 is 12.2 Å². The van der Waals surface area contributed by atoms with E-state index in [1.54, 1.807) is 0 Å². The monoisotopic (exact) mass is 130 g/mol. The number of hydrogen-bond acceptors (Lipinski definition) is 1. The molecule has 1 heteroatoms. The first-order chi connectivity index (χ1) is 3.72. The molecule has 0 radical (unpaired) electrons. The van der Waals surface area contributed by atoms with Crippen LogP contribution in [0.5, 0.6) is 0 Å². The van der Waals surface area contributed by atoms with E-state index in [4.69, 9.17) is 12.2 Å². The van der Waals surface area contributed by atoms with E-state index in [0.29, 0.717) is 5.92 Å². The molecule has 0 fully saturated rings. The highest BCUT2D eigenvalue weighted by atomic mass is 32.1. The van der Waals surface area contributed by atoms with Gasteiger partial charge in [-0.25, -0.2) is 0 Å². The summed E-state index contributed by atoms with van der Waals surface area (Å²) in [4.78, 5) is 0. The fourth-order valence-electron chi connectivity index (χ4n) is 0.506. The highest BCUT2D eigenvalue weighted by Crippen LogP contribution is 2.11. The minimum atomic E-state index is 0.606. The van der Waals surface area contributed by atoms with Crippen LogP contribution in [0.2, 0.25) is 0 Å². The Morgan fingerprint density at radius 1 is 1.50 bits per heavy atom. The van der Waals surface area contributed by atoms with Gasteiger partial charge in [-0.15, -0.1) is 0 Å². The molecule has 0 aromatic carbocycles. The minimum Gasteiger partial charge on any atom is -0.0932 e. The van der Waals surface area contributed by atoms with E-state index in [1.807, 2.05) is 5.37 Å². The summed E-state index contributed by atoms with van der Waals surface area (Å²) >= 11 is 4.79. The first-order valence-electron chi connectivity index (χ1n) is 3.17. The third-order valence-electron chi connectivity index (χ3n) is 1.76. The molecule has 0 heterocycles. The van der Waals surface area contributed by atoms with E-state index >= 15 is 0 Å². The summed E-state index contributed by atoms with van der Waals surface area (Å²) < 4.78 is 0. The lowest BCUT2D eigenvalue weighted by atomic mass is 9.96. The second kappa shape index (κ2) is 4.02. The van der Waals surface area contributed by atoms with E-state index in [1.165, 1.54) is 6.42 Å². The topological polar surface area (TPSA) is 0 Å². The fourth-order valence-corrected chi connectivity index (χ4v) is 0.774. The molecule has 0 aromatic heterocycles. The summed E-state index contributed by atoms with van der Waals surface area (Å²) in [6.45, 7) is 6.59. The molecule has 0 rings (SSSR count). The third kappa shape index (κ3) is 2.41. The van der Waals surface area contributed by atoms with Gasteiger partial charge < -0.3 is 0 Å². The molecule has 0 spiro atoms. The summed E-state index contributed by atoms with van der Waals surface area (Å²) in [6, 6.07) is 0. The molecule has 0 nitrogen and oxygen atoms in total. The Kier molecular flexibility index (Phi) is 4.06. The molecule has 2 unspecified atom stereocenters. The number of hydrogen-bond donors (Lipinski definition) is 0. The second-order valence-corrected chi connectivity index (χ2v) is 2.65. The maximum atomic E-state index is 4.79. The van der Waals surface area contributed by atoms with Crippen LogP contribution in [0.15, 0.2) is 0 Å². The lowest BCUT2D eigenvalue weighted by Gasteiger charge is -2.11. The largest absolute Gasteiger partial charge is 0.0932 e. The van der Waals surface area contributed by atoms with Crippen molar-refractivity contribution in [2.24, 2.45) is 11.8 Å². The summed E-state index contributed by atoms with van der Waals surface area (Å²) in [7, 11) is 0. The number of rotatable bonds is 3. The van der Waals surface area contributed by atoms with Crippen LogP contribution in [0.3, 0.4) is 0 Å². The van der Waals surface area contributed by atoms with Gasteiger partial charge >= 0.3 is 0 Å². The molecular formula is C7H14S. The molecule has 0 aliphatic heterocycles. The van der Waals surface area contributed by atoms with Crippen molar-refractivity contribution in [2.75, 3.05) is 0 Å². The molecule has 2 atom stereocenters. The second-order valence-electron chi connectivity index (χ2n) is 2.38.